The number of aromatic amines is 1. The quantitative estimate of drug-likeness (QED) is 0.397. The minimum absolute atomic E-state index is 0.0851. The number of hydrogen-bond donors (Lipinski definition) is 2. The average molecular weight is 540 g/mol. The van der Waals surface area contributed by atoms with E-state index in [1.54, 1.807) is 26.4 Å². The van der Waals surface area contributed by atoms with Crippen molar-refractivity contribution >= 4 is 22.6 Å². The Morgan fingerprint density at radius 3 is 2.62 bits per heavy atom. The highest BCUT2D eigenvalue weighted by molar-refractivity contribution is 5.89. The Balaban J connectivity index is 1.41. The van der Waals surface area contributed by atoms with Crippen LogP contribution in [0, 0.1) is 12.3 Å². The van der Waals surface area contributed by atoms with Crippen molar-refractivity contribution in [3.8, 4) is 5.75 Å². The number of rotatable bonds is 7. The Morgan fingerprint density at radius 1 is 1.18 bits per heavy atom. The van der Waals surface area contributed by atoms with Gasteiger partial charge in [-0.05, 0) is 67.1 Å². The predicted molar refractivity (Wildman–Crippen MR) is 145 cm³/mol. The normalized spacial score (nSPS) is 22.6. The number of aromatic nitrogens is 1. The number of carbonyl (C=O) groups is 1. The number of likely N-dealkylation sites (tertiary alicyclic amines) is 1. The zero-order valence-corrected chi connectivity index (χ0v) is 22.6. The summed E-state index contributed by atoms with van der Waals surface area (Å²) in [7, 11) is 3.35. The fraction of sp³-hybridized carbons (Fsp3) is 0.500. The van der Waals surface area contributed by atoms with Gasteiger partial charge in [0, 0.05) is 74.0 Å². The summed E-state index contributed by atoms with van der Waals surface area (Å²) >= 11 is 0. The first-order valence-corrected chi connectivity index (χ1v) is 13.5. The lowest BCUT2D eigenvalue weighted by molar-refractivity contribution is -0.186. The Labute approximate surface area is 226 Å². The summed E-state index contributed by atoms with van der Waals surface area (Å²) in [4.78, 5) is 19.7. The molecular formula is C30H35F2N3O4. The van der Waals surface area contributed by atoms with Gasteiger partial charge < -0.3 is 24.5 Å². The zero-order valence-electron chi connectivity index (χ0n) is 22.6. The van der Waals surface area contributed by atoms with Crippen molar-refractivity contribution in [2.75, 3.05) is 38.8 Å². The fourth-order valence-electron chi connectivity index (χ4n) is 7.04. The van der Waals surface area contributed by atoms with E-state index in [0.717, 1.165) is 39.0 Å². The number of aromatic carboxylic acids is 1. The van der Waals surface area contributed by atoms with Gasteiger partial charge >= 0.3 is 5.97 Å². The summed E-state index contributed by atoms with van der Waals surface area (Å²) in [6, 6.07) is 9.22. The van der Waals surface area contributed by atoms with Crippen LogP contribution in [-0.4, -0.2) is 66.8 Å². The highest BCUT2D eigenvalue weighted by Crippen LogP contribution is 2.61. The molecule has 0 radical (unpaired) electrons. The Morgan fingerprint density at radius 2 is 1.95 bits per heavy atom. The number of nitrogens with zero attached hydrogens (tertiary/aromatic N) is 2. The van der Waals surface area contributed by atoms with Crippen LogP contribution in [0.3, 0.4) is 0 Å². The van der Waals surface area contributed by atoms with Crippen LogP contribution in [0.1, 0.15) is 58.8 Å². The molecule has 2 aromatic carbocycles. The molecule has 2 saturated heterocycles. The van der Waals surface area contributed by atoms with E-state index in [1.807, 2.05) is 25.3 Å². The lowest BCUT2D eigenvalue weighted by Crippen LogP contribution is -2.54. The monoisotopic (exact) mass is 539 g/mol. The van der Waals surface area contributed by atoms with Crippen molar-refractivity contribution in [2.45, 2.75) is 57.2 Å². The third-order valence-corrected chi connectivity index (χ3v) is 9.11. The van der Waals surface area contributed by atoms with Gasteiger partial charge in [0.2, 0.25) is 5.92 Å². The lowest BCUT2D eigenvalue weighted by Gasteiger charge is -2.55. The van der Waals surface area contributed by atoms with Crippen LogP contribution >= 0.6 is 0 Å². The van der Waals surface area contributed by atoms with E-state index >= 15 is 0 Å². The van der Waals surface area contributed by atoms with E-state index in [4.69, 9.17) is 9.47 Å². The highest BCUT2D eigenvalue weighted by atomic mass is 19.3. The number of piperidine rings is 1. The van der Waals surface area contributed by atoms with Crippen LogP contribution in [0.2, 0.25) is 0 Å². The first kappa shape index (κ1) is 26.1. The van der Waals surface area contributed by atoms with Crippen molar-refractivity contribution in [3.05, 3.63) is 58.8 Å². The van der Waals surface area contributed by atoms with Crippen molar-refractivity contribution in [1.29, 1.82) is 0 Å². The smallest absolute Gasteiger partial charge is 0.335 e. The number of hydrogen-bond acceptors (Lipinski definition) is 5. The van der Waals surface area contributed by atoms with Gasteiger partial charge in [0.25, 0.3) is 0 Å². The molecule has 39 heavy (non-hydrogen) atoms. The molecule has 9 heteroatoms. The number of methoxy groups -OCH3 is 2. The van der Waals surface area contributed by atoms with Gasteiger partial charge in [-0.2, -0.15) is 0 Å². The topological polar surface area (TPSA) is 78.0 Å². The summed E-state index contributed by atoms with van der Waals surface area (Å²) in [6.45, 7) is 4.64. The van der Waals surface area contributed by atoms with E-state index in [1.165, 1.54) is 0 Å². The first-order chi connectivity index (χ1) is 18.6. The molecule has 0 bridgehead atoms. The molecule has 3 fully saturated rings. The number of ether oxygens (including phenoxy) is 2. The summed E-state index contributed by atoms with van der Waals surface area (Å²) in [5, 5.41) is 10.8. The van der Waals surface area contributed by atoms with Crippen molar-refractivity contribution in [2.24, 2.45) is 5.41 Å². The van der Waals surface area contributed by atoms with Crippen LogP contribution in [-0.2, 0) is 11.3 Å². The van der Waals surface area contributed by atoms with Crippen LogP contribution in [0.5, 0.6) is 5.75 Å². The van der Waals surface area contributed by atoms with Gasteiger partial charge in [-0.15, -0.1) is 0 Å². The first-order valence-electron chi connectivity index (χ1n) is 13.5. The van der Waals surface area contributed by atoms with E-state index in [9.17, 15) is 18.7 Å². The van der Waals surface area contributed by atoms with Crippen LogP contribution < -0.4 is 9.64 Å². The molecule has 1 saturated carbocycles. The summed E-state index contributed by atoms with van der Waals surface area (Å²) in [5.74, 6) is -2.79. The molecule has 208 valence electrons. The number of anilines is 1. The number of carboxylic acids is 1. The predicted octanol–water partition coefficient (Wildman–Crippen LogP) is 5.77. The zero-order chi connectivity index (χ0) is 27.5. The highest BCUT2D eigenvalue weighted by Gasteiger charge is 2.58. The SMILES string of the molecule is COc1cc(C)c2[nH]ccc2c1CN1CCC2(CC1c1ccc(C(=O)O)cc1N1CC(OC)C1)CC(F)(F)C2. The Hall–Kier alpha value is -3.17. The second-order valence-electron chi connectivity index (χ2n) is 11.6. The molecule has 3 aliphatic rings. The van der Waals surface area contributed by atoms with Gasteiger partial charge in [-0.3, -0.25) is 4.90 Å². The summed E-state index contributed by atoms with van der Waals surface area (Å²) in [5.41, 5.74) is 4.87. The minimum Gasteiger partial charge on any atom is -0.496 e. The van der Waals surface area contributed by atoms with E-state index < -0.39 is 17.3 Å². The molecule has 1 atom stereocenters. The molecule has 1 spiro atoms. The number of benzene rings is 2. The maximum Gasteiger partial charge on any atom is 0.335 e. The van der Waals surface area contributed by atoms with Gasteiger partial charge in [0.05, 0.1) is 18.8 Å². The Kier molecular flexibility index (Phi) is 6.34. The molecule has 7 nitrogen and oxygen atoms in total. The van der Waals surface area contributed by atoms with Gasteiger partial charge in [-0.25, -0.2) is 13.6 Å². The number of fused-ring (bicyclic) bond motifs is 1. The molecule has 2 N–H and O–H groups in total. The van der Waals surface area contributed by atoms with Crippen LogP contribution in [0.25, 0.3) is 10.9 Å². The molecule has 3 heterocycles. The van der Waals surface area contributed by atoms with Crippen molar-refractivity contribution in [3.63, 3.8) is 0 Å². The third kappa shape index (κ3) is 4.55. The van der Waals surface area contributed by atoms with E-state index in [2.05, 4.69) is 20.9 Å². The maximum atomic E-state index is 14.2. The molecular weight excluding hydrogens is 504 g/mol. The van der Waals surface area contributed by atoms with Crippen LogP contribution in [0.15, 0.2) is 36.5 Å². The van der Waals surface area contributed by atoms with Crippen LogP contribution in [0.4, 0.5) is 14.5 Å². The molecule has 1 unspecified atom stereocenters. The second kappa shape index (κ2) is 9.48. The average Bonchev–Trinajstić information content (AvgIpc) is 3.35. The van der Waals surface area contributed by atoms with Gasteiger partial charge in [0.1, 0.15) is 5.75 Å². The number of aryl methyl sites for hydroxylation is 1. The van der Waals surface area contributed by atoms with E-state index in [0.29, 0.717) is 39.0 Å². The summed E-state index contributed by atoms with van der Waals surface area (Å²) < 4.78 is 39.7. The number of H-pyrrole nitrogens is 1. The lowest BCUT2D eigenvalue weighted by atomic mass is 9.58. The second-order valence-corrected chi connectivity index (χ2v) is 11.6. The number of carboxylic acid groups (broad SMARTS) is 1. The van der Waals surface area contributed by atoms with Gasteiger partial charge in [-0.1, -0.05) is 6.07 Å². The van der Waals surface area contributed by atoms with Crippen molar-refractivity contribution in [1.82, 2.24) is 9.88 Å². The standard InChI is InChI=1S/C30H35F2N3O4/c1-18-10-26(39-3)23(21-6-8-33-27(18)21)15-34-9-7-29(16-30(31,32)17-29)12-25(34)22-5-4-19(28(36)37)11-24(22)35-13-20(14-35)38-2/h4-6,8,10-11,20,25,33H,7,9,12-17H2,1-3H3,(H,36,37). The largest absolute Gasteiger partial charge is 0.496 e. The fourth-order valence-corrected chi connectivity index (χ4v) is 7.04. The van der Waals surface area contributed by atoms with Crippen molar-refractivity contribution < 1.29 is 28.2 Å². The van der Waals surface area contributed by atoms with E-state index in [-0.39, 0.29) is 30.6 Å². The molecule has 3 aromatic rings. The third-order valence-electron chi connectivity index (χ3n) is 9.11. The summed E-state index contributed by atoms with van der Waals surface area (Å²) in [6.07, 6.45) is 3.16. The Bertz CT molecular complexity index is 1410. The molecule has 2 aliphatic heterocycles. The molecule has 1 aromatic heterocycles. The molecule has 1 aliphatic carbocycles. The molecule has 0 amide bonds. The maximum absolute atomic E-state index is 14.2. The number of nitrogens with one attached hydrogen (secondary N) is 1. The minimum atomic E-state index is -2.61. The number of alkyl halides is 2. The number of halogens is 2. The molecule has 6 rings (SSSR count). The van der Waals surface area contributed by atoms with Gasteiger partial charge in [0.15, 0.2) is 0 Å².